The largest absolute Gasteiger partial charge is 0.493 e. The van der Waals surface area contributed by atoms with Crippen LogP contribution >= 0.6 is 0 Å². The number of hydrogen-bond acceptors (Lipinski definition) is 8. The molecule has 1 heterocycles. The van der Waals surface area contributed by atoms with E-state index in [9.17, 15) is 14.4 Å². The number of methoxy groups -OCH3 is 3. The molecule has 11 nitrogen and oxygen atoms in total. The second kappa shape index (κ2) is 15.4. The van der Waals surface area contributed by atoms with Crippen molar-refractivity contribution in [2.75, 3.05) is 33.2 Å². The number of para-hydroxylation sites is 2. The Hall–Kier alpha value is -5.06. The number of ether oxygens (including phenoxy) is 3. The van der Waals surface area contributed by atoms with Crippen LogP contribution in [0.1, 0.15) is 63.0 Å². The maximum absolute atomic E-state index is 13.9. The standard InChI is InChI=1S/C38H47N5O6/c1-8-22(2)35(38(46)39-19-11-14-33-41-28-12-9-10-13-30(28)43(33)4)42-29-18-16-25-26(21-31(29)45)27(40-23(3)44)17-15-24-20-32(47-5)36(48-6)37(49-7)34(24)25/h9-10,12-13,16,18,20-22,27,35H,8,11,14-15,17,19H2,1-7H3,(H,39,46)(H,40,44)(H,42,45)/t22-,27+,35+/m0/s1. The number of amides is 2. The molecule has 11 heteroatoms. The number of hydrogen-bond donors (Lipinski definition) is 3. The van der Waals surface area contributed by atoms with Crippen molar-refractivity contribution < 1.29 is 23.8 Å². The van der Waals surface area contributed by atoms with Gasteiger partial charge in [-0.1, -0.05) is 38.5 Å². The van der Waals surface area contributed by atoms with Gasteiger partial charge in [-0.2, -0.15) is 0 Å². The summed E-state index contributed by atoms with van der Waals surface area (Å²) in [6, 6.07) is 14.0. The molecule has 1 aliphatic carbocycles. The third-order valence-electron chi connectivity index (χ3n) is 9.48. The molecule has 0 unspecified atom stereocenters. The van der Waals surface area contributed by atoms with Gasteiger partial charge in [-0.15, -0.1) is 0 Å². The van der Waals surface area contributed by atoms with E-state index in [1.807, 2.05) is 57.3 Å². The number of nitrogens with one attached hydrogen (secondary N) is 3. The fourth-order valence-corrected chi connectivity index (χ4v) is 6.68. The van der Waals surface area contributed by atoms with Crippen molar-refractivity contribution in [3.8, 4) is 28.4 Å². The van der Waals surface area contributed by atoms with E-state index < -0.39 is 12.1 Å². The first-order valence-corrected chi connectivity index (χ1v) is 16.8. The fourth-order valence-electron chi connectivity index (χ4n) is 6.68. The highest BCUT2D eigenvalue weighted by molar-refractivity contribution is 5.86. The van der Waals surface area contributed by atoms with Crippen molar-refractivity contribution in [3.63, 3.8) is 0 Å². The number of anilines is 1. The number of rotatable bonds is 13. The summed E-state index contributed by atoms with van der Waals surface area (Å²) >= 11 is 0. The van der Waals surface area contributed by atoms with Crippen LogP contribution < -0.4 is 35.6 Å². The summed E-state index contributed by atoms with van der Waals surface area (Å²) in [5.41, 5.74) is 5.11. The van der Waals surface area contributed by atoms with Crippen LogP contribution in [0.25, 0.3) is 22.2 Å². The number of imidazole rings is 1. The van der Waals surface area contributed by atoms with Gasteiger partial charge in [0.25, 0.3) is 0 Å². The Kier molecular flexibility index (Phi) is 11.1. The van der Waals surface area contributed by atoms with E-state index in [0.29, 0.717) is 48.6 Å². The molecule has 0 fully saturated rings. The Morgan fingerprint density at radius 2 is 1.80 bits per heavy atom. The lowest BCUT2D eigenvalue weighted by Gasteiger charge is -2.24. The molecule has 5 rings (SSSR count). The van der Waals surface area contributed by atoms with Gasteiger partial charge in [-0.3, -0.25) is 14.4 Å². The van der Waals surface area contributed by atoms with Gasteiger partial charge in [-0.25, -0.2) is 4.98 Å². The second-order valence-corrected chi connectivity index (χ2v) is 12.6. The molecule has 0 spiro atoms. The van der Waals surface area contributed by atoms with Crippen LogP contribution in [0.15, 0.2) is 53.3 Å². The normalized spacial score (nSPS) is 14.9. The van der Waals surface area contributed by atoms with Gasteiger partial charge in [0.2, 0.25) is 23.0 Å². The lowest BCUT2D eigenvalue weighted by atomic mass is 9.95. The molecule has 0 bridgehead atoms. The zero-order valence-electron chi connectivity index (χ0n) is 29.4. The van der Waals surface area contributed by atoms with E-state index in [1.165, 1.54) is 6.92 Å². The Morgan fingerprint density at radius 3 is 2.47 bits per heavy atom. The summed E-state index contributed by atoms with van der Waals surface area (Å²) in [5, 5.41) is 9.40. The molecule has 3 aromatic carbocycles. The number of carbonyl (C=O) groups excluding carboxylic acids is 2. The maximum atomic E-state index is 13.9. The van der Waals surface area contributed by atoms with Gasteiger partial charge in [0.1, 0.15) is 11.9 Å². The second-order valence-electron chi connectivity index (χ2n) is 12.6. The monoisotopic (exact) mass is 669 g/mol. The number of aromatic nitrogens is 2. The van der Waals surface area contributed by atoms with Crippen molar-refractivity contribution in [3.05, 3.63) is 75.7 Å². The lowest BCUT2D eigenvalue weighted by molar-refractivity contribution is -0.123. The molecule has 0 aliphatic heterocycles. The van der Waals surface area contributed by atoms with Crippen LogP contribution in [0.3, 0.4) is 0 Å². The van der Waals surface area contributed by atoms with Crippen LogP contribution in [0.5, 0.6) is 17.2 Å². The van der Waals surface area contributed by atoms with Crippen molar-refractivity contribution in [1.29, 1.82) is 0 Å². The van der Waals surface area contributed by atoms with E-state index in [2.05, 4.69) is 20.5 Å². The number of fused-ring (bicyclic) bond motifs is 4. The van der Waals surface area contributed by atoms with Gasteiger partial charge >= 0.3 is 0 Å². The van der Waals surface area contributed by atoms with Crippen LogP contribution in [-0.4, -0.2) is 55.3 Å². The average molecular weight is 670 g/mol. The van der Waals surface area contributed by atoms with E-state index >= 15 is 0 Å². The van der Waals surface area contributed by atoms with E-state index in [0.717, 1.165) is 46.4 Å². The lowest BCUT2D eigenvalue weighted by Crippen LogP contribution is -2.44. The number of nitrogens with zero attached hydrogens (tertiary/aromatic N) is 2. The molecular formula is C38H47N5O6. The summed E-state index contributed by atoms with van der Waals surface area (Å²) in [5.74, 6) is 1.96. The predicted molar refractivity (Wildman–Crippen MR) is 192 cm³/mol. The SMILES string of the molecule is CC[C@H](C)[C@@H](Nc1ccc2c(cc1=O)[C@H](NC(C)=O)CCc1cc(OC)c(OC)c(OC)c1-2)C(=O)NCCCc1nc2ccccc2n1C. The summed E-state index contributed by atoms with van der Waals surface area (Å²) in [6.45, 7) is 5.95. The highest BCUT2D eigenvalue weighted by Crippen LogP contribution is 2.50. The molecule has 0 radical (unpaired) electrons. The molecular weight excluding hydrogens is 622 g/mol. The van der Waals surface area contributed by atoms with Gasteiger partial charge in [0.05, 0.1) is 44.1 Å². The first-order chi connectivity index (χ1) is 23.6. The molecule has 0 saturated heterocycles. The van der Waals surface area contributed by atoms with Crippen LogP contribution in [0.4, 0.5) is 5.69 Å². The minimum atomic E-state index is -0.645. The van der Waals surface area contributed by atoms with Crippen molar-refractivity contribution in [2.45, 2.75) is 65.0 Å². The molecule has 1 aliphatic rings. The summed E-state index contributed by atoms with van der Waals surface area (Å²) < 4.78 is 19.3. The molecule has 3 N–H and O–H groups in total. The first-order valence-electron chi connectivity index (χ1n) is 16.8. The minimum Gasteiger partial charge on any atom is -0.493 e. The number of aryl methyl sites for hydroxylation is 3. The van der Waals surface area contributed by atoms with Crippen molar-refractivity contribution in [1.82, 2.24) is 20.2 Å². The third-order valence-corrected chi connectivity index (χ3v) is 9.48. The zero-order valence-corrected chi connectivity index (χ0v) is 29.4. The Labute approximate surface area is 287 Å². The summed E-state index contributed by atoms with van der Waals surface area (Å²) in [7, 11) is 6.69. The zero-order chi connectivity index (χ0) is 35.2. The van der Waals surface area contributed by atoms with Crippen molar-refractivity contribution in [2.24, 2.45) is 13.0 Å². The van der Waals surface area contributed by atoms with Crippen LogP contribution in [-0.2, 0) is 29.5 Å². The van der Waals surface area contributed by atoms with Gasteiger partial charge in [-0.05, 0) is 72.2 Å². The molecule has 2 amide bonds. The molecule has 4 aromatic rings. The maximum Gasteiger partial charge on any atom is 0.242 e. The quantitative estimate of drug-likeness (QED) is 0.163. The fraction of sp³-hybridized carbons (Fsp3) is 0.421. The first kappa shape index (κ1) is 35.3. The molecule has 1 aromatic heterocycles. The third kappa shape index (κ3) is 7.35. The Balaban J connectivity index is 1.45. The highest BCUT2D eigenvalue weighted by atomic mass is 16.5. The van der Waals surface area contributed by atoms with Crippen molar-refractivity contribution >= 4 is 28.5 Å². The summed E-state index contributed by atoms with van der Waals surface area (Å²) in [4.78, 5) is 44.6. The van der Waals surface area contributed by atoms with E-state index in [4.69, 9.17) is 19.2 Å². The van der Waals surface area contributed by atoms with Gasteiger partial charge in [0.15, 0.2) is 11.5 Å². The average Bonchev–Trinajstić information content (AvgIpc) is 3.23. The van der Waals surface area contributed by atoms with Gasteiger partial charge < -0.3 is 34.7 Å². The van der Waals surface area contributed by atoms with Crippen LogP contribution in [0.2, 0.25) is 0 Å². The Morgan fingerprint density at radius 1 is 1.04 bits per heavy atom. The highest BCUT2D eigenvalue weighted by Gasteiger charge is 2.30. The topological polar surface area (TPSA) is 133 Å². The van der Waals surface area contributed by atoms with E-state index in [1.54, 1.807) is 33.5 Å². The molecule has 49 heavy (non-hydrogen) atoms. The Bertz CT molecular complexity index is 1900. The minimum absolute atomic E-state index is 0.0627. The molecule has 3 atom stereocenters. The predicted octanol–water partition coefficient (Wildman–Crippen LogP) is 5.33. The number of carbonyl (C=O) groups is 2. The molecule has 260 valence electrons. The van der Waals surface area contributed by atoms with E-state index in [-0.39, 0.29) is 28.8 Å². The van der Waals surface area contributed by atoms with Gasteiger partial charge in [0, 0.05) is 32.5 Å². The van der Waals surface area contributed by atoms with Crippen LogP contribution in [0, 0.1) is 5.92 Å². The smallest absolute Gasteiger partial charge is 0.242 e. The number of benzene rings is 2. The molecule has 0 saturated carbocycles. The summed E-state index contributed by atoms with van der Waals surface area (Å²) in [6.07, 6.45) is 3.31.